The number of benzene rings is 1. The van der Waals surface area contributed by atoms with E-state index in [1.54, 1.807) is 0 Å². The van der Waals surface area contributed by atoms with E-state index < -0.39 is 7.12 Å². The average molecular weight is 348 g/mol. The van der Waals surface area contributed by atoms with E-state index in [-0.39, 0.29) is 17.5 Å². The Morgan fingerprint density at radius 1 is 1.12 bits per heavy atom. The number of hydrogen-bond donors (Lipinski definition) is 1. The number of rotatable bonds is 4. The van der Waals surface area contributed by atoms with Gasteiger partial charge in [-0.3, -0.25) is 0 Å². The van der Waals surface area contributed by atoms with E-state index in [4.69, 9.17) is 18.8 Å². The van der Waals surface area contributed by atoms with E-state index in [1.165, 1.54) is 0 Å². The lowest BCUT2D eigenvalue weighted by atomic mass is 9.78. The van der Waals surface area contributed by atoms with E-state index in [0.29, 0.717) is 19.0 Å². The van der Waals surface area contributed by atoms with Gasteiger partial charge in [-0.1, -0.05) is 30.3 Å². The Bertz CT molecular complexity index is 607. The van der Waals surface area contributed by atoms with Crippen molar-refractivity contribution in [2.24, 2.45) is 0 Å². The molecule has 130 valence electrons. The second-order valence-electron chi connectivity index (χ2n) is 7.17. The lowest BCUT2D eigenvalue weighted by molar-refractivity contribution is -0.0442. The van der Waals surface area contributed by atoms with E-state index >= 15 is 0 Å². The molecule has 2 heterocycles. The Hall–Kier alpha value is -0.785. The molecule has 24 heavy (non-hydrogen) atoms. The van der Waals surface area contributed by atoms with Crippen LogP contribution in [0, 0.1) is 0 Å². The van der Waals surface area contributed by atoms with E-state index in [9.17, 15) is 0 Å². The molecule has 2 aliphatic heterocycles. The first kappa shape index (κ1) is 18.0. The molecule has 0 atom stereocenters. The molecule has 6 heteroatoms. The second-order valence-corrected chi connectivity index (χ2v) is 7.48. The van der Waals surface area contributed by atoms with Crippen LogP contribution in [0.2, 0.25) is 0 Å². The molecular formula is C18H25BO4S. The second kappa shape index (κ2) is 6.85. The molecule has 2 fully saturated rings. The van der Waals surface area contributed by atoms with Crippen molar-refractivity contribution in [2.45, 2.75) is 45.2 Å². The van der Waals surface area contributed by atoms with Gasteiger partial charge in [0.15, 0.2) is 6.29 Å². The first-order valence-electron chi connectivity index (χ1n) is 8.33. The maximum absolute atomic E-state index is 6.15. The Balaban J connectivity index is 1.89. The standard InChI is InChI=1S/C18H25BO4S/c1-17(2)18(3,4)23-19(22-17)14(12-24)11-13-7-5-6-8-15(13)16-20-9-10-21-16/h5-8,11,16,24H,9-10,12H2,1-4H3. The molecule has 4 nitrogen and oxygen atoms in total. The van der Waals surface area contributed by atoms with Gasteiger partial charge in [0.2, 0.25) is 0 Å². The summed E-state index contributed by atoms with van der Waals surface area (Å²) in [5.41, 5.74) is 2.32. The fourth-order valence-electron chi connectivity index (χ4n) is 2.78. The molecular weight excluding hydrogens is 323 g/mol. The van der Waals surface area contributed by atoms with Gasteiger partial charge in [0.05, 0.1) is 24.4 Å². The van der Waals surface area contributed by atoms with Crippen LogP contribution in [0.25, 0.3) is 6.08 Å². The molecule has 1 aromatic rings. The summed E-state index contributed by atoms with van der Waals surface area (Å²) in [6.07, 6.45) is 1.77. The number of ether oxygens (including phenoxy) is 2. The molecule has 0 amide bonds. The van der Waals surface area contributed by atoms with Crippen LogP contribution in [0.4, 0.5) is 0 Å². The van der Waals surface area contributed by atoms with Gasteiger partial charge >= 0.3 is 7.12 Å². The third-order valence-electron chi connectivity index (χ3n) is 4.95. The topological polar surface area (TPSA) is 36.9 Å². The van der Waals surface area contributed by atoms with Gasteiger partial charge in [-0.05, 0) is 38.7 Å². The summed E-state index contributed by atoms with van der Waals surface area (Å²) in [5.74, 6) is 0.553. The first-order valence-corrected chi connectivity index (χ1v) is 8.96. The predicted octanol–water partition coefficient (Wildman–Crippen LogP) is 3.68. The van der Waals surface area contributed by atoms with Crippen LogP contribution < -0.4 is 0 Å². The molecule has 3 rings (SSSR count). The molecule has 0 aromatic heterocycles. The van der Waals surface area contributed by atoms with Gasteiger partial charge in [-0.2, -0.15) is 12.6 Å². The Morgan fingerprint density at radius 2 is 1.71 bits per heavy atom. The molecule has 0 saturated carbocycles. The highest BCUT2D eigenvalue weighted by Gasteiger charge is 2.52. The van der Waals surface area contributed by atoms with Gasteiger partial charge < -0.3 is 18.8 Å². The van der Waals surface area contributed by atoms with Crippen LogP contribution in [-0.4, -0.2) is 37.3 Å². The Morgan fingerprint density at radius 3 is 2.29 bits per heavy atom. The number of hydrogen-bond acceptors (Lipinski definition) is 5. The summed E-state index contributed by atoms with van der Waals surface area (Å²) in [6.45, 7) is 9.46. The minimum Gasteiger partial charge on any atom is -0.400 e. The molecule has 0 unspecified atom stereocenters. The number of thiol groups is 1. The van der Waals surface area contributed by atoms with Crippen molar-refractivity contribution in [3.05, 3.63) is 40.9 Å². The zero-order chi connectivity index (χ0) is 17.4. The minimum atomic E-state index is -0.397. The SMILES string of the molecule is CC1(C)OB(C(=Cc2ccccc2C2OCCO2)CS)OC1(C)C. The van der Waals surface area contributed by atoms with Crippen LogP contribution >= 0.6 is 12.6 Å². The minimum absolute atomic E-state index is 0.308. The van der Waals surface area contributed by atoms with Crippen molar-refractivity contribution >= 4 is 25.8 Å². The van der Waals surface area contributed by atoms with Crippen molar-refractivity contribution in [3.63, 3.8) is 0 Å². The molecule has 0 spiro atoms. The highest BCUT2D eigenvalue weighted by atomic mass is 32.1. The largest absolute Gasteiger partial charge is 0.491 e. The fourth-order valence-corrected chi connectivity index (χ4v) is 3.02. The summed E-state index contributed by atoms with van der Waals surface area (Å²) in [5, 5.41) is 0. The molecule has 0 aliphatic carbocycles. The third kappa shape index (κ3) is 3.44. The highest BCUT2D eigenvalue weighted by Crippen LogP contribution is 2.39. The van der Waals surface area contributed by atoms with Gasteiger partial charge in [0, 0.05) is 11.3 Å². The average Bonchev–Trinajstić information content (AvgIpc) is 3.12. The lowest BCUT2D eigenvalue weighted by Crippen LogP contribution is -2.41. The first-order chi connectivity index (χ1) is 11.3. The summed E-state index contributed by atoms with van der Waals surface area (Å²) < 4.78 is 23.6. The van der Waals surface area contributed by atoms with Gasteiger partial charge in [-0.25, -0.2) is 0 Å². The fraction of sp³-hybridized carbons (Fsp3) is 0.556. The summed E-state index contributed by atoms with van der Waals surface area (Å²) in [7, 11) is -0.397. The van der Waals surface area contributed by atoms with Crippen LogP contribution in [0.15, 0.2) is 29.7 Å². The summed E-state index contributed by atoms with van der Waals surface area (Å²) >= 11 is 4.49. The van der Waals surface area contributed by atoms with Crippen LogP contribution in [-0.2, 0) is 18.8 Å². The van der Waals surface area contributed by atoms with Gasteiger partial charge in [0.1, 0.15) is 0 Å². The van der Waals surface area contributed by atoms with Crippen molar-refractivity contribution in [2.75, 3.05) is 19.0 Å². The van der Waals surface area contributed by atoms with E-state index in [1.807, 2.05) is 18.2 Å². The van der Waals surface area contributed by atoms with E-state index in [0.717, 1.165) is 16.6 Å². The normalized spacial score (nSPS) is 23.9. The third-order valence-corrected chi connectivity index (χ3v) is 5.32. The predicted molar refractivity (Wildman–Crippen MR) is 99.0 cm³/mol. The van der Waals surface area contributed by atoms with Crippen LogP contribution in [0.5, 0.6) is 0 Å². The smallest absolute Gasteiger partial charge is 0.400 e. The Labute approximate surface area is 150 Å². The lowest BCUT2D eigenvalue weighted by Gasteiger charge is -2.32. The van der Waals surface area contributed by atoms with Crippen molar-refractivity contribution in [1.29, 1.82) is 0 Å². The molecule has 1 aromatic carbocycles. The van der Waals surface area contributed by atoms with Crippen molar-refractivity contribution < 1.29 is 18.8 Å². The van der Waals surface area contributed by atoms with Gasteiger partial charge in [0.25, 0.3) is 0 Å². The monoisotopic (exact) mass is 348 g/mol. The van der Waals surface area contributed by atoms with Crippen LogP contribution in [0.3, 0.4) is 0 Å². The van der Waals surface area contributed by atoms with Crippen molar-refractivity contribution in [3.8, 4) is 0 Å². The molecule has 0 bridgehead atoms. The van der Waals surface area contributed by atoms with Gasteiger partial charge in [-0.15, -0.1) is 0 Å². The molecule has 2 saturated heterocycles. The summed E-state index contributed by atoms with van der Waals surface area (Å²) in [6, 6.07) is 8.08. The quantitative estimate of drug-likeness (QED) is 0.665. The molecule has 0 N–H and O–H groups in total. The Kier molecular flexibility index (Phi) is 5.14. The van der Waals surface area contributed by atoms with Crippen molar-refractivity contribution in [1.82, 2.24) is 0 Å². The zero-order valence-electron chi connectivity index (χ0n) is 14.7. The molecule has 0 radical (unpaired) electrons. The maximum Gasteiger partial charge on any atom is 0.491 e. The van der Waals surface area contributed by atoms with E-state index in [2.05, 4.69) is 52.5 Å². The van der Waals surface area contributed by atoms with Crippen LogP contribution in [0.1, 0.15) is 45.1 Å². The highest BCUT2D eigenvalue weighted by molar-refractivity contribution is 7.80. The molecule has 2 aliphatic rings. The summed E-state index contributed by atoms with van der Waals surface area (Å²) in [4.78, 5) is 0. The maximum atomic E-state index is 6.15. The zero-order valence-corrected chi connectivity index (χ0v) is 15.6.